The fraction of sp³-hybridized carbons (Fsp3) is 0.107. The molecular weight excluding hydrogens is 378 g/mol. The molecule has 150 valence electrons. The van der Waals surface area contributed by atoms with Crippen LogP contribution in [0.3, 0.4) is 0 Å². The maximum atomic E-state index is 6.55. The molecule has 5 aromatic rings. The second kappa shape index (κ2) is 6.85. The van der Waals surface area contributed by atoms with Crippen molar-refractivity contribution in [2.45, 2.75) is 12.8 Å². The van der Waals surface area contributed by atoms with Crippen LogP contribution in [-0.4, -0.2) is 13.0 Å². The van der Waals surface area contributed by atoms with Gasteiger partial charge in [-0.15, -0.1) is 0 Å². The van der Waals surface area contributed by atoms with Crippen LogP contribution in [0.4, 0.5) is 11.4 Å². The first-order valence-electron chi connectivity index (χ1n) is 10.7. The number of hydrogen-bond acceptors (Lipinski definition) is 1. The van der Waals surface area contributed by atoms with E-state index in [4.69, 9.17) is 10.7 Å². The molecule has 0 saturated carbocycles. The van der Waals surface area contributed by atoms with E-state index in [9.17, 15) is 0 Å². The van der Waals surface area contributed by atoms with Gasteiger partial charge in [0.05, 0.1) is 5.69 Å². The average molecular weight is 402 g/mol. The normalized spacial score (nSPS) is 13.4. The number of nitrogens with zero attached hydrogens (tertiary/aromatic N) is 2. The Balaban J connectivity index is 1.46. The third-order valence-corrected chi connectivity index (χ3v) is 6.52. The second-order valence-corrected chi connectivity index (χ2v) is 8.31. The zero-order chi connectivity index (χ0) is 20.9. The lowest BCUT2D eigenvalue weighted by molar-refractivity contribution is 1.02. The Labute approximate surface area is 181 Å². The van der Waals surface area contributed by atoms with Crippen LogP contribution >= 0.6 is 0 Å². The molecule has 2 N–H and O–H groups in total. The number of rotatable bonds is 2. The lowest BCUT2D eigenvalue weighted by Gasteiger charge is -2.21. The standard InChI is InChI=1S/C28H23N3/c1-31(26-15-13-19-9-4-8-18-12-14-23(26)27(18)19)28(29)30-25-11-5-10-22-16-20-6-2-3-7-21(20)17-24(22)25/h2-11,13,15-17H,12,14H2,1H3,(H2,29,30). The molecule has 0 amide bonds. The highest BCUT2D eigenvalue weighted by molar-refractivity contribution is 6.06. The molecule has 0 bridgehead atoms. The van der Waals surface area contributed by atoms with E-state index >= 15 is 0 Å². The molecule has 0 heterocycles. The Bertz CT molecular complexity index is 1510. The number of hydrogen-bond donors (Lipinski definition) is 1. The summed E-state index contributed by atoms with van der Waals surface area (Å²) < 4.78 is 0. The van der Waals surface area contributed by atoms with Crippen LogP contribution in [0.2, 0.25) is 0 Å². The van der Waals surface area contributed by atoms with E-state index < -0.39 is 0 Å². The summed E-state index contributed by atoms with van der Waals surface area (Å²) in [6.45, 7) is 0. The molecule has 31 heavy (non-hydrogen) atoms. The largest absolute Gasteiger partial charge is 0.369 e. The van der Waals surface area contributed by atoms with Crippen LogP contribution in [0, 0.1) is 0 Å². The van der Waals surface area contributed by atoms with Crippen LogP contribution in [0.1, 0.15) is 11.1 Å². The van der Waals surface area contributed by atoms with Gasteiger partial charge >= 0.3 is 0 Å². The van der Waals surface area contributed by atoms with Crippen molar-refractivity contribution < 1.29 is 0 Å². The highest BCUT2D eigenvalue weighted by Gasteiger charge is 2.20. The predicted octanol–water partition coefficient (Wildman–Crippen LogP) is 6.33. The Kier molecular flexibility index (Phi) is 3.97. The second-order valence-electron chi connectivity index (χ2n) is 8.31. The fourth-order valence-corrected chi connectivity index (χ4v) is 4.93. The monoisotopic (exact) mass is 401 g/mol. The number of anilines is 1. The van der Waals surface area contributed by atoms with Gasteiger partial charge < -0.3 is 10.6 Å². The lowest BCUT2D eigenvalue weighted by atomic mass is 10.0. The molecular formula is C28H23N3. The van der Waals surface area contributed by atoms with Crippen LogP contribution < -0.4 is 10.6 Å². The van der Waals surface area contributed by atoms with Gasteiger partial charge in [0, 0.05) is 18.1 Å². The Morgan fingerprint density at radius 1 is 0.774 bits per heavy atom. The van der Waals surface area contributed by atoms with E-state index in [-0.39, 0.29) is 0 Å². The van der Waals surface area contributed by atoms with Crippen LogP contribution in [0.5, 0.6) is 0 Å². The molecule has 0 saturated heterocycles. The predicted molar refractivity (Wildman–Crippen MR) is 132 cm³/mol. The van der Waals surface area contributed by atoms with Gasteiger partial charge in [-0.3, -0.25) is 0 Å². The van der Waals surface area contributed by atoms with E-state index in [0.29, 0.717) is 5.96 Å². The van der Waals surface area contributed by atoms with Crippen LogP contribution in [0.25, 0.3) is 32.3 Å². The van der Waals surface area contributed by atoms with Crippen molar-refractivity contribution in [2.24, 2.45) is 10.7 Å². The maximum absolute atomic E-state index is 6.55. The van der Waals surface area contributed by atoms with Gasteiger partial charge in [0.15, 0.2) is 0 Å². The molecule has 0 fully saturated rings. The molecule has 0 unspecified atom stereocenters. The third kappa shape index (κ3) is 2.85. The topological polar surface area (TPSA) is 41.6 Å². The molecule has 1 aliphatic carbocycles. The molecule has 0 radical (unpaired) electrons. The number of nitrogens with two attached hydrogens (primary N) is 1. The molecule has 5 aromatic carbocycles. The molecule has 3 nitrogen and oxygen atoms in total. The molecule has 0 aliphatic heterocycles. The van der Waals surface area contributed by atoms with Gasteiger partial charge in [0.1, 0.15) is 0 Å². The number of aliphatic imine (C=N–C) groups is 1. The van der Waals surface area contributed by atoms with Crippen LogP contribution in [0.15, 0.2) is 89.9 Å². The molecule has 0 aromatic heterocycles. The Hall–Kier alpha value is -3.85. The van der Waals surface area contributed by atoms with Gasteiger partial charge in [-0.2, -0.15) is 0 Å². The quantitative estimate of drug-likeness (QED) is 0.213. The zero-order valence-corrected chi connectivity index (χ0v) is 17.5. The molecule has 0 atom stereocenters. The van der Waals surface area contributed by atoms with E-state index in [2.05, 4.69) is 72.8 Å². The first-order chi connectivity index (χ1) is 15.2. The van der Waals surface area contributed by atoms with Crippen LogP contribution in [-0.2, 0) is 12.8 Å². The first-order valence-corrected chi connectivity index (χ1v) is 10.7. The van der Waals surface area contributed by atoms with Crippen molar-refractivity contribution in [3.05, 3.63) is 96.1 Å². The van der Waals surface area contributed by atoms with Crippen molar-refractivity contribution in [2.75, 3.05) is 11.9 Å². The average Bonchev–Trinajstić information content (AvgIpc) is 3.24. The summed E-state index contributed by atoms with van der Waals surface area (Å²) in [6.07, 6.45) is 2.13. The van der Waals surface area contributed by atoms with Gasteiger partial charge in [-0.05, 0) is 75.2 Å². The summed E-state index contributed by atoms with van der Waals surface area (Å²) in [7, 11) is 2.01. The number of aryl methyl sites for hydroxylation is 2. The maximum Gasteiger partial charge on any atom is 0.200 e. The SMILES string of the molecule is CN(C(N)=Nc1cccc2cc3ccccc3cc12)c1ccc2cccc3c2c1CC3. The van der Waals surface area contributed by atoms with E-state index in [1.54, 1.807) is 0 Å². The number of fused-ring (bicyclic) bond motifs is 2. The van der Waals surface area contributed by atoms with Crippen molar-refractivity contribution in [1.29, 1.82) is 0 Å². The lowest BCUT2D eigenvalue weighted by Crippen LogP contribution is -2.34. The van der Waals surface area contributed by atoms with Gasteiger partial charge in [-0.25, -0.2) is 4.99 Å². The smallest absolute Gasteiger partial charge is 0.200 e. The number of benzene rings is 5. The summed E-state index contributed by atoms with van der Waals surface area (Å²) in [4.78, 5) is 6.89. The summed E-state index contributed by atoms with van der Waals surface area (Å²) in [5.74, 6) is 0.501. The minimum Gasteiger partial charge on any atom is -0.369 e. The van der Waals surface area contributed by atoms with Gasteiger partial charge in [0.25, 0.3) is 0 Å². The Morgan fingerprint density at radius 2 is 1.52 bits per heavy atom. The summed E-state index contributed by atoms with van der Waals surface area (Å²) in [6, 6.07) is 30.0. The van der Waals surface area contributed by atoms with Crippen molar-refractivity contribution >= 4 is 49.7 Å². The van der Waals surface area contributed by atoms with Gasteiger partial charge in [-0.1, -0.05) is 60.7 Å². The minimum absolute atomic E-state index is 0.501. The highest BCUT2D eigenvalue weighted by Crippen LogP contribution is 2.37. The fourth-order valence-electron chi connectivity index (χ4n) is 4.93. The summed E-state index contributed by atoms with van der Waals surface area (Å²) >= 11 is 0. The van der Waals surface area contributed by atoms with E-state index in [1.165, 1.54) is 38.1 Å². The highest BCUT2D eigenvalue weighted by atomic mass is 15.2. The zero-order valence-electron chi connectivity index (χ0n) is 17.5. The molecule has 6 rings (SSSR count). The molecule has 1 aliphatic rings. The summed E-state index contributed by atoms with van der Waals surface area (Å²) in [5.41, 5.74) is 11.4. The van der Waals surface area contributed by atoms with Crippen molar-refractivity contribution in [3.63, 3.8) is 0 Å². The van der Waals surface area contributed by atoms with E-state index in [0.717, 1.165) is 29.6 Å². The van der Waals surface area contributed by atoms with Gasteiger partial charge in [0.2, 0.25) is 5.96 Å². The summed E-state index contributed by atoms with van der Waals surface area (Å²) in [5, 5.41) is 7.41. The minimum atomic E-state index is 0.501. The Morgan fingerprint density at radius 3 is 2.39 bits per heavy atom. The van der Waals surface area contributed by atoms with Crippen molar-refractivity contribution in [1.82, 2.24) is 0 Å². The molecule has 3 heteroatoms. The molecule has 0 spiro atoms. The third-order valence-electron chi connectivity index (χ3n) is 6.52. The van der Waals surface area contributed by atoms with E-state index in [1.807, 2.05) is 24.1 Å². The number of guanidine groups is 1. The van der Waals surface area contributed by atoms with Crippen molar-refractivity contribution in [3.8, 4) is 0 Å². The first kappa shape index (κ1) is 18.0.